The van der Waals surface area contributed by atoms with Gasteiger partial charge in [-0.1, -0.05) is 76.1 Å². The normalized spacial score (nSPS) is 17.4. The highest BCUT2D eigenvalue weighted by Gasteiger charge is 2.26. The first kappa shape index (κ1) is 21.3. The van der Waals surface area contributed by atoms with Crippen LogP contribution in [0.4, 0.5) is 0 Å². The summed E-state index contributed by atoms with van der Waals surface area (Å²) in [5, 5.41) is 13.7. The topological polar surface area (TPSA) is 77.2 Å². The van der Waals surface area contributed by atoms with Crippen molar-refractivity contribution in [2.45, 2.75) is 69.4 Å². The van der Waals surface area contributed by atoms with Crippen LogP contribution in [-0.2, 0) is 5.41 Å². The highest BCUT2D eigenvalue weighted by atomic mass is 32.2. The molecule has 0 unspecified atom stereocenters. The van der Waals surface area contributed by atoms with E-state index in [-0.39, 0.29) is 10.7 Å². The molecule has 1 aliphatic heterocycles. The molecule has 30 heavy (non-hydrogen) atoms. The van der Waals surface area contributed by atoms with Crippen molar-refractivity contribution in [3.8, 4) is 0 Å². The van der Waals surface area contributed by atoms with Crippen LogP contribution in [0.15, 0.2) is 39.3 Å². The third kappa shape index (κ3) is 4.54. The molecule has 2 heterocycles. The number of hydrogen-bond donors (Lipinski definition) is 0. The van der Waals surface area contributed by atoms with E-state index in [1.54, 1.807) is 0 Å². The van der Waals surface area contributed by atoms with E-state index >= 15 is 0 Å². The Balaban J connectivity index is 1.51. The Labute approximate surface area is 184 Å². The lowest BCUT2D eigenvalue weighted by molar-refractivity contribution is 0.109. The Morgan fingerprint density at radius 2 is 1.80 bits per heavy atom. The number of carbonyl (C=O) groups excluding carboxylic acids is 1. The van der Waals surface area contributed by atoms with Crippen molar-refractivity contribution in [2.75, 3.05) is 5.75 Å². The predicted molar refractivity (Wildman–Crippen MR) is 123 cm³/mol. The summed E-state index contributed by atoms with van der Waals surface area (Å²) in [6.45, 7) is 5.75. The third-order valence-corrected chi connectivity index (χ3v) is 7.49. The Morgan fingerprint density at radius 1 is 1.10 bits per heavy atom. The highest BCUT2D eigenvalue weighted by molar-refractivity contribution is 8.27. The molecule has 0 spiro atoms. The summed E-state index contributed by atoms with van der Waals surface area (Å²) in [6.07, 6.45) is 6.40. The van der Waals surface area contributed by atoms with Gasteiger partial charge >= 0.3 is 0 Å². The van der Waals surface area contributed by atoms with Gasteiger partial charge in [-0.3, -0.25) is 9.59 Å². The molecule has 0 atom stereocenters. The molecule has 8 heteroatoms. The highest BCUT2D eigenvalue weighted by Crippen LogP contribution is 2.33. The fourth-order valence-electron chi connectivity index (χ4n) is 3.82. The average molecular weight is 443 g/mol. The minimum Gasteiger partial charge on any atom is -0.281 e. The zero-order valence-electron chi connectivity index (χ0n) is 17.6. The zero-order valence-corrected chi connectivity index (χ0v) is 19.2. The molecular formula is C22H26N4O2S2. The summed E-state index contributed by atoms with van der Waals surface area (Å²) in [6, 6.07) is 8.01. The summed E-state index contributed by atoms with van der Waals surface area (Å²) in [4.78, 5) is 25.6. The van der Waals surface area contributed by atoms with Crippen LogP contribution in [0.25, 0.3) is 0 Å². The van der Waals surface area contributed by atoms with E-state index in [1.165, 1.54) is 54.1 Å². The lowest BCUT2D eigenvalue weighted by atomic mass is 9.84. The largest absolute Gasteiger partial charge is 0.297 e. The molecule has 0 N–H and O–H groups in total. The Kier molecular flexibility index (Phi) is 6.16. The number of benzene rings is 1. The quantitative estimate of drug-likeness (QED) is 0.663. The molecule has 158 valence electrons. The molecule has 0 radical (unpaired) electrons. The van der Waals surface area contributed by atoms with Crippen molar-refractivity contribution in [1.82, 2.24) is 14.9 Å². The molecule has 2 aromatic rings. The number of thioether (sulfide) groups is 2. The van der Waals surface area contributed by atoms with Crippen LogP contribution in [0.3, 0.4) is 0 Å². The molecule has 1 saturated carbocycles. The maximum Gasteiger partial charge on any atom is 0.297 e. The summed E-state index contributed by atoms with van der Waals surface area (Å²) in [5.41, 5.74) is 1.66. The summed E-state index contributed by atoms with van der Waals surface area (Å²) in [7, 11) is 0. The fourth-order valence-corrected chi connectivity index (χ4v) is 5.48. The number of hydrogen-bond acceptors (Lipinski definition) is 7. The summed E-state index contributed by atoms with van der Waals surface area (Å²) < 4.78 is 1.28. The van der Waals surface area contributed by atoms with Crippen molar-refractivity contribution >= 4 is 33.7 Å². The van der Waals surface area contributed by atoms with Crippen molar-refractivity contribution in [3.63, 3.8) is 0 Å². The van der Waals surface area contributed by atoms with Crippen molar-refractivity contribution in [2.24, 2.45) is 5.10 Å². The van der Waals surface area contributed by atoms with Crippen LogP contribution in [-0.4, -0.2) is 30.8 Å². The molecule has 2 aliphatic rings. The van der Waals surface area contributed by atoms with E-state index in [9.17, 15) is 9.59 Å². The molecule has 1 aromatic carbocycles. The van der Waals surface area contributed by atoms with Gasteiger partial charge in [-0.2, -0.15) is 9.78 Å². The number of fused-ring (bicyclic) bond motifs is 1. The standard InChI is InChI=1S/C22H26N4O2S2/c1-22(2,3)18-19(27)26-21(24-23-18)29-13-17(25-26)30-20(28)16-11-9-15(10-12-16)14-7-5-4-6-8-14/h9-12,14H,4-8,13H2,1-3H3. The minimum absolute atomic E-state index is 0.0564. The van der Waals surface area contributed by atoms with Crippen LogP contribution in [0.1, 0.15) is 80.4 Å². The number of nitrogens with zero attached hydrogens (tertiary/aromatic N) is 4. The van der Waals surface area contributed by atoms with Gasteiger partial charge < -0.3 is 0 Å². The molecule has 4 rings (SSSR count). The summed E-state index contributed by atoms with van der Waals surface area (Å²) in [5.74, 6) is 1.12. The van der Waals surface area contributed by atoms with Crippen LogP contribution < -0.4 is 5.56 Å². The van der Waals surface area contributed by atoms with Crippen LogP contribution in [0.2, 0.25) is 0 Å². The molecule has 0 amide bonds. The molecule has 1 fully saturated rings. The smallest absolute Gasteiger partial charge is 0.281 e. The van der Waals surface area contributed by atoms with E-state index in [4.69, 9.17) is 0 Å². The number of carbonyl (C=O) groups is 1. The Bertz CT molecular complexity index is 1030. The Morgan fingerprint density at radius 3 is 2.47 bits per heavy atom. The van der Waals surface area contributed by atoms with Gasteiger partial charge in [-0.15, -0.1) is 10.2 Å². The van der Waals surface area contributed by atoms with Crippen molar-refractivity contribution < 1.29 is 4.79 Å². The first-order chi connectivity index (χ1) is 14.3. The lowest BCUT2D eigenvalue weighted by Crippen LogP contribution is -2.34. The molecular weight excluding hydrogens is 416 g/mol. The molecule has 0 saturated heterocycles. The zero-order chi connectivity index (χ0) is 21.3. The van der Waals surface area contributed by atoms with Crippen LogP contribution >= 0.6 is 23.5 Å². The van der Waals surface area contributed by atoms with Gasteiger partial charge in [0.1, 0.15) is 10.7 Å². The van der Waals surface area contributed by atoms with Gasteiger partial charge in [0, 0.05) is 11.0 Å². The van der Waals surface area contributed by atoms with E-state index < -0.39 is 5.41 Å². The van der Waals surface area contributed by atoms with Gasteiger partial charge in [0.15, 0.2) is 0 Å². The number of rotatable bonds is 2. The second kappa shape index (κ2) is 8.67. The van der Waals surface area contributed by atoms with Crippen molar-refractivity contribution in [3.05, 3.63) is 51.4 Å². The molecule has 6 nitrogen and oxygen atoms in total. The molecule has 1 aliphatic carbocycles. The first-order valence-electron chi connectivity index (χ1n) is 10.4. The van der Waals surface area contributed by atoms with Crippen LogP contribution in [0, 0.1) is 0 Å². The minimum atomic E-state index is -0.424. The SMILES string of the molecule is CC(C)(C)c1nnc2n(c1=O)N=C(SC(=O)c1ccc(C3CCCCC3)cc1)CS2. The van der Waals surface area contributed by atoms with Gasteiger partial charge in [0.25, 0.3) is 5.56 Å². The molecule has 1 aromatic heterocycles. The van der Waals surface area contributed by atoms with Crippen LogP contribution in [0.5, 0.6) is 0 Å². The van der Waals surface area contributed by atoms with E-state index in [0.717, 1.165) is 11.8 Å². The summed E-state index contributed by atoms with van der Waals surface area (Å²) >= 11 is 2.46. The maximum atomic E-state index is 12.8. The van der Waals surface area contributed by atoms with Gasteiger partial charge in [0.2, 0.25) is 10.3 Å². The van der Waals surface area contributed by atoms with Crippen molar-refractivity contribution in [1.29, 1.82) is 0 Å². The third-order valence-electron chi connectivity index (χ3n) is 5.49. The monoisotopic (exact) mass is 442 g/mol. The second-order valence-electron chi connectivity index (χ2n) is 8.83. The first-order valence-corrected chi connectivity index (χ1v) is 12.2. The number of aromatic nitrogens is 3. The van der Waals surface area contributed by atoms with Gasteiger partial charge in [-0.25, -0.2) is 0 Å². The lowest BCUT2D eigenvalue weighted by Gasteiger charge is -2.22. The molecule has 0 bridgehead atoms. The Hall–Kier alpha value is -1.93. The van der Waals surface area contributed by atoms with Gasteiger partial charge in [-0.05, 0) is 36.1 Å². The van der Waals surface area contributed by atoms with E-state index in [1.807, 2.05) is 32.9 Å². The predicted octanol–water partition coefficient (Wildman–Crippen LogP) is 4.82. The fraction of sp³-hybridized carbons (Fsp3) is 0.500. The average Bonchev–Trinajstić information content (AvgIpc) is 2.74. The second-order valence-corrected chi connectivity index (χ2v) is 10.8. The maximum absolute atomic E-state index is 12.8. The van der Waals surface area contributed by atoms with Gasteiger partial charge in [0.05, 0.1) is 5.75 Å². The van der Waals surface area contributed by atoms with E-state index in [2.05, 4.69) is 27.4 Å². The van der Waals surface area contributed by atoms with E-state index in [0.29, 0.717) is 33.1 Å².